The molecule has 1 aliphatic heterocycles. The van der Waals surface area contributed by atoms with Crippen LogP contribution in [0.5, 0.6) is 0 Å². The van der Waals surface area contributed by atoms with E-state index < -0.39 is 0 Å². The van der Waals surface area contributed by atoms with Crippen molar-refractivity contribution in [1.82, 2.24) is 4.98 Å². The smallest absolute Gasteiger partial charge is 0.0510 e. The van der Waals surface area contributed by atoms with Crippen LogP contribution in [0, 0.1) is 0 Å². The van der Waals surface area contributed by atoms with Gasteiger partial charge in [0.25, 0.3) is 0 Å². The number of aromatic nitrogens is 1. The molecule has 3 rings (SSSR count). The van der Waals surface area contributed by atoms with E-state index in [1.807, 2.05) is 12.4 Å². The third kappa shape index (κ3) is 2.45. The van der Waals surface area contributed by atoms with Crippen LogP contribution in [0.15, 0.2) is 42.7 Å². The largest absolute Gasteiger partial charge is 0.341 e. The van der Waals surface area contributed by atoms with Gasteiger partial charge in [-0.1, -0.05) is 18.2 Å². The van der Waals surface area contributed by atoms with Gasteiger partial charge in [-0.2, -0.15) is 0 Å². The van der Waals surface area contributed by atoms with Gasteiger partial charge >= 0.3 is 0 Å². The highest BCUT2D eigenvalue weighted by molar-refractivity contribution is 6.17. The predicted octanol–water partition coefficient (Wildman–Crippen LogP) is 4.29. The molecule has 0 radical (unpaired) electrons. The maximum absolute atomic E-state index is 6.05. The second-order valence-electron chi connectivity index (χ2n) is 4.88. The number of nitrogens with zero attached hydrogens (tertiary/aromatic N) is 2. The zero-order valence-electron chi connectivity index (χ0n) is 10.8. The van der Waals surface area contributed by atoms with Crippen molar-refractivity contribution in [3.8, 4) is 0 Å². The maximum Gasteiger partial charge on any atom is 0.0510 e. The minimum absolute atomic E-state index is 0.502. The van der Waals surface area contributed by atoms with E-state index in [1.165, 1.54) is 29.8 Å². The van der Waals surface area contributed by atoms with Crippen molar-refractivity contribution in [2.75, 3.05) is 11.4 Å². The molecule has 1 aliphatic rings. The van der Waals surface area contributed by atoms with Crippen LogP contribution >= 0.6 is 11.6 Å². The van der Waals surface area contributed by atoms with E-state index in [0.29, 0.717) is 5.88 Å². The lowest BCUT2D eigenvalue weighted by Gasteiger charge is -2.26. The molecule has 0 bridgehead atoms. The Labute approximate surface area is 119 Å². The number of pyridine rings is 1. The van der Waals surface area contributed by atoms with Gasteiger partial charge in [0.1, 0.15) is 0 Å². The van der Waals surface area contributed by atoms with Gasteiger partial charge in [0.05, 0.1) is 5.88 Å². The first-order valence-electron chi connectivity index (χ1n) is 6.74. The zero-order valence-corrected chi connectivity index (χ0v) is 11.6. The number of rotatable bonds is 2. The Kier molecular flexibility index (Phi) is 3.69. The van der Waals surface area contributed by atoms with Gasteiger partial charge in [-0.15, -0.1) is 11.6 Å². The topological polar surface area (TPSA) is 16.1 Å². The lowest BCUT2D eigenvalue weighted by atomic mass is 10.1. The van der Waals surface area contributed by atoms with E-state index in [1.54, 1.807) is 0 Å². The Bertz CT molecular complexity index is 568. The molecule has 0 unspecified atom stereocenters. The summed E-state index contributed by atoms with van der Waals surface area (Å²) in [6, 6.07) is 10.7. The molecule has 0 fully saturated rings. The number of para-hydroxylation sites is 1. The number of hydrogen-bond donors (Lipinski definition) is 0. The first-order valence-corrected chi connectivity index (χ1v) is 7.28. The third-order valence-corrected chi connectivity index (χ3v) is 3.96. The van der Waals surface area contributed by atoms with Gasteiger partial charge in [0, 0.05) is 35.9 Å². The van der Waals surface area contributed by atoms with Gasteiger partial charge in [-0.25, -0.2) is 0 Å². The van der Waals surface area contributed by atoms with Crippen LogP contribution in [0.3, 0.4) is 0 Å². The molecular formula is C16H17ClN2. The highest BCUT2D eigenvalue weighted by atomic mass is 35.5. The summed E-state index contributed by atoms with van der Waals surface area (Å²) in [7, 11) is 0. The molecule has 0 N–H and O–H groups in total. The van der Waals surface area contributed by atoms with Gasteiger partial charge in [-0.3, -0.25) is 4.98 Å². The summed E-state index contributed by atoms with van der Waals surface area (Å²) in [4.78, 5) is 6.57. The molecular weight excluding hydrogens is 256 g/mol. The lowest BCUT2D eigenvalue weighted by molar-refractivity contribution is 0.760. The normalized spacial score (nSPS) is 14.9. The number of halogens is 1. The number of fused-ring (bicyclic) bond motifs is 1. The Morgan fingerprint density at radius 2 is 2.00 bits per heavy atom. The number of hydrogen-bond acceptors (Lipinski definition) is 2. The summed E-state index contributed by atoms with van der Waals surface area (Å²) < 4.78 is 0. The summed E-state index contributed by atoms with van der Waals surface area (Å²) in [5, 5.41) is 0. The number of aryl methyl sites for hydroxylation is 1. The van der Waals surface area contributed by atoms with Crippen LogP contribution in [-0.2, 0) is 12.3 Å². The quantitative estimate of drug-likeness (QED) is 0.758. The molecule has 1 aromatic carbocycles. The van der Waals surface area contributed by atoms with E-state index in [9.17, 15) is 0 Å². The van der Waals surface area contributed by atoms with Crippen LogP contribution in [0.2, 0.25) is 0 Å². The van der Waals surface area contributed by atoms with Crippen LogP contribution in [-0.4, -0.2) is 11.5 Å². The predicted molar refractivity (Wildman–Crippen MR) is 80.2 cm³/mol. The Morgan fingerprint density at radius 3 is 2.89 bits per heavy atom. The summed E-state index contributed by atoms with van der Waals surface area (Å²) >= 11 is 6.05. The van der Waals surface area contributed by atoms with Crippen molar-refractivity contribution >= 4 is 23.0 Å². The minimum atomic E-state index is 0.502. The summed E-state index contributed by atoms with van der Waals surface area (Å²) in [5.74, 6) is 0.502. The lowest BCUT2D eigenvalue weighted by Crippen LogP contribution is -2.19. The maximum atomic E-state index is 6.05. The standard InChI is InChI=1S/C16H17ClN2/c17-11-14-12-18-9-8-16(14)19-10-4-3-6-13-5-1-2-7-15(13)19/h1-2,5,7-9,12H,3-4,6,10-11H2. The van der Waals surface area contributed by atoms with E-state index in [-0.39, 0.29) is 0 Å². The fourth-order valence-electron chi connectivity index (χ4n) is 2.73. The Hall–Kier alpha value is -1.54. The third-order valence-electron chi connectivity index (χ3n) is 3.67. The minimum Gasteiger partial charge on any atom is -0.341 e. The summed E-state index contributed by atoms with van der Waals surface area (Å²) in [6.45, 7) is 1.05. The second kappa shape index (κ2) is 5.62. The number of anilines is 2. The molecule has 0 atom stereocenters. The fourth-order valence-corrected chi connectivity index (χ4v) is 2.93. The molecule has 19 heavy (non-hydrogen) atoms. The molecule has 0 amide bonds. The van der Waals surface area contributed by atoms with Crippen molar-refractivity contribution in [2.45, 2.75) is 25.1 Å². The van der Waals surface area contributed by atoms with Crippen molar-refractivity contribution in [2.24, 2.45) is 0 Å². The average molecular weight is 273 g/mol. The van der Waals surface area contributed by atoms with Crippen molar-refractivity contribution < 1.29 is 0 Å². The molecule has 0 aliphatic carbocycles. The average Bonchev–Trinajstić information content (AvgIpc) is 2.69. The Morgan fingerprint density at radius 1 is 1.11 bits per heavy atom. The van der Waals surface area contributed by atoms with Crippen LogP contribution < -0.4 is 4.90 Å². The molecule has 2 nitrogen and oxygen atoms in total. The highest BCUT2D eigenvalue weighted by Gasteiger charge is 2.18. The van der Waals surface area contributed by atoms with Gasteiger partial charge in [-0.05, 0) is 37.0 Å². The number of alkyl halides is 1. The van der Waals surface area contributed by atoms with Gasteiger partial charge < -0.3 is 4.90 Å². The molecule has 0 spiro atoms. The number of benzene rings is 1. The monoisotopic (exact) mass is 272 g/mol. The highest BCUT2D eigenvalue weighted by Crippen LogP contribution is 2.34. The first-order chi connectivity index (χ1) is 9.40. The van der Waals surface area contributed by atoms with Crippen LogP contribution in [0.1, 0.15) is 24.0 Å². The molecule has 2 aromatic rings. The van der Waals surface area contributed by atoms with E-state index in [2.05, 4.69) is 40.2 Å². The van der Waals surface area contributed by atoms with Crippen LogP contribution in [0.4, 0.5) is 11.4 Å². The van der Waals surface area contributed by atoms with Crippen molar-refractivity contribution in [1.29, 1.82) is 0 Å². The molecule has 3 heteroatoms. The van der Waals surface area contributed by atoms with E-state index in [0.717, 1.165) is 18.5 Å². The van der Waals surface area contributed by atoms with E-state index >= 15 is 0 Å². The molecule has 98 valence electrons. The SMILES string of the molecule is ClCc1cnccc1N1CCCCc2ccccc21. The van der Waals surface area contributed by atoms with Crippen LogP contribution in [0.25, 0.3) is 0 Å². The Balaban J connectivity index is 2.09. The van der Waals surface area contributed by atoms with E-state index in [4.69, 9.17) is 11.6 Å². The molecule has 0 saturated heterocycles. The van der Waals surface area contributed by atoms with Crippen molar-refractivity contribution in [3.63, 3.8) is 0 Å². The molecule has 0 saturated carbocycles. The molecule has 1 aromatic heterocycles. The first kappa shape index (κ1) is 12.5. The second-order valence-corrected chi connectivity index (χ2v) is 5.14. The van der Waals surface area contributed by atoms with Crippen molar-refractivity contribution in [3.05, 3.63) is 53.9 Å². The van der Waals surface area contributed by atoms with Gasteiger partial charge in [0.15, 0.2) is 0 Å². The summed E-state index contributed by atoms with van der Waals surface area (Å²) in [5.41, 5.74) is 5.04. The zero-order chi connectivity index (χ0) is 13.1. The summed E-state index contributed by atoms with van der Waals surface area (Å²) in [6.07, 6.45) is 7.33. The molecule has 2 heterocycles. The van der Waals surface area contributed by atoms with Gasteiger partial charge in [0.2, 0.25) is 0 Å². The fraction of sp³-hybridized carbons (Fsp3) is 0.312.